The Kier molecular flexibility index (Phi) is 5.97. The molecule has 1 amide bonds. The van der Waals surface area contributed by atoms with E-state index in [0.29, 0.717) is 18.8 Å². The second kappa shape index (κ2) is 7.53. The molecule has 5 nitrogen and oxygen atoms in total. The van der Waals surface area contributed by atoms with Crippen molar-refractivity contribution in [3.05, 3.63) is 24.2 Å². The first-order valence-electron chi connectivity index (χ1n) is 6.08. The molecule has 0 aliphatic heterocycles. The minimum atomic E-state index is -0.316. The van der Waals surface area contributed by atoms with Crippen LogP contribution in [0.3, 0.4) is 0 Å². The first-order valence-corrected chi connectivity index (χ1v) is 6.08. The van der Waals surface area contributed by atoms with Crippen LogP contribution in [-0.4, -0.2) is 37.0 Å². The minimum Gasteiger partial charge on any atom is -0.469 e. The van der Waals surface area contributed by atoms with E-state index in [9.17, 15) is 9.59 Å². The predicted molar refractivity (Wildman–Crippen MR) is 66.2 cm³/mol. The van der Waals surface area contributed by atoms with E-state index in [-0.39, 0.29) is 18.3 Å². The van der Waals surface area contributed by atoms with Crippen molar-refractivity contribution in [2.45, 2.75) is 26.2 Å². The summed E-state index contributed by atoms with van der Waals surface area (Å²) >= 11 is 0. The molecule has 0 atom stereocenters. The maximum Gasteiger partial charge on any atom is 0.307 e. The van der Waals surface area contributed by atoms with E-state index < -0.39 is 0 Å². The zero-order chi connectivity index (χ0) is 13.4. The summed E-state index contributed by atoms with van der Waals surface area (Å²) in [4.78, 5) is 24.8. The van der Waals surface area contributed by atoms with Crippen molar-refractivity contribution in [2.75, 3.05) is 20.2 Å². The summed E-state index contributed by atoms with van der Waals surface area (Å²) in [7, 11) is 1.34. The van der Waals surface area contributed by atoms with Gasteiger partial charge in [0, 0.05) is 13.1 Å². The van der Waals surface area contributed by atoms with Crippen molar-refractivity contribution in [3.63, 3.8) is 0 Å². The topological polar surface area (TPSA) is 59.8 Å². The zero-order valence-electron chi connectivity index (χ0n) is 10.8. The summed E-state index contributed by atoms with van der Waals surface area (Å²) in [6.45, 7) is 3.02. The van der Waals surface area contributed by atoms with Crippen LogP contribution in [0.2, 0.25) is 0 Å². The van der Waals surface area contributed by atoms with Crippen molar-refractivity contribution in [1.82, 2.24) is 4.90 Å². The highest BCUT2D eigenvalue weighted by Gasteiger charge is 2.18. The van der Waals surface area contributed by atoms with E-state index >= 15 is 0 Å². The lowest BCUT2D eigenvalue weighted by Crippen LogP contribution is -2.33. The van der Waals surface area contributed by atoms with E-state index in [0.717, 1.165) is 12.8 Å². The van der Waals surface area contributed by atoms with Crippen molar-refractivity contribution in [1.29, 1.82) is 0 Å². The quantitative estimate of drug-likeness (QED) is 0.698. The maximum atomic E-state index is 12.1. The molecular formula is C13H19NO4. The lowest BCUT2D eigenvalue weighted by atomic mass is 10.2. The molecule has 1 aromatic rings. The van der Waals surface area contributed by atoms with Gasteiger partial charge in [-0.15, -0.1) is 0 Å². The molecule has 100 valence electrons. The zero-order valence-corrected chi connectivity index (χ0v) is 10.8. The van der Waals surface area contributed by atoms with Crippen molar-refractivity contribution >= 4 is 11.9 Å². The Bertz CT molecular complexity index is 372. The van der Waals surface area contributed by atoms with Crippen molar-refractivity contribution in [2.24, 2.45) is 0 Å². The number of furan rings is 1. The fourth-order valence-corrected chi connectivity index (χ4v) is 1.55. The normalized spacial score (nSPS) is 10.1. The van der Waals surface area contributed by atoms with E-state index in [4.69, 9.17) is 4.42 Å². The molecule has 18 heavy (non-hydrogen) atoms. The molecule has 1 heterocycles. The van der Waals surface area contributed by atoms with Gasteiger partial charge in [0.2, 0.25) is 0 Å². The van der Waals surface area contributed by atoms with E-state index in [1.807, 2.05) is 0 Å². The molecular weight excluding hydrogens is 234 g/mol. The van der Waals surface area contributed by atoms with Gasteiger partial charge < -0.3 is 14.1 Å². The number of esters is 1. The predicted octanol–water partition coefficient (Wildman–Crippen LogP) is 2.08. The largest absolute Gasteiger partial charge is 0.469 e. The van der Waals surface area contributed by atoms with E-state index in [1.54, 1.807) is 17.0 Å². The maximum absolute atomic E-state index is 12.1. The van der Waals surface area contributed by atoms with E-state index in [1.165, 1.54) is 13.4 Å². The number of rotatable bonds is 7. The van der Waals surface area contributed by atoms with Gasteiger partial charge in [-0.3, -0.25) is 9.59 Å². The van der Waals surface area contributed by atoms with Gasteiger partial charge in [0.05, 0.1) is 19.8 Å². The van der Waals surface area contributed by atoms with E-state index in [2.05, 4.69) is 11.7 Å². The minimum absolute atomic E-state index is 0.183. The number of nitrogens with zero attached hydrogens (tertiary/aromatic N) is 1. The van der Waals surface area contributed by atoms with Gasteiger partial charge in [-0.25, -0.2) is 0 Å². The molecule has 0 saturated carbocycles. The molecule has 0 fully saturated rings. The summed E-state index contributed by atoms with van der Waals surface area (Å²) in [5.74, 6) is -0.197. The number of amides is 1. The standard InChI is InChI=1S/C13H19NO4/c1-3-4-8-14(9-7-12(15)17-2)13(16)11-6-5-10-18-11/h5-6,10H,3-4,7-9H2,1-2H3. The van der Waals surface area contributed by atoms with Gasteiger partial charge in [0.15, 0.2) is 5.76 Å². The molecule has 0 bridgehead atoms. The summed E-state index contributed by atoms with van der Waals surface area (Å²) in [6, 6.07) is 3.30. The third-order valence-corrected chi connectivity index (χ3v) is 2.61. The molecule has 0 unspecified atom stereocenters. The highest BCUT2D eigenvalue weighted by molar-refractivity contribution is 5.91. The molecule has 0 aliphatic rings. The van der Waals surface area contributed by atoms with Crippen LogP contribution >= 0.6 is 0 Å². The van der Waals surface area contributed by atoms with Gasteiger partial charge in [-0.1, -0.05) is 13.3 Å². The third kappa shape index (κ3) is 4.24. The van der Waals surface area contributed by atoms with Crippen LogP contribution in [0.15, 0.2) is 22.8 Å². The molecule has 0 aliphatic carbocycles. The van der Waals surface area contributed by atoms with Gasteiger partial charge in [-0.05, 0) is 18.6 Å². The molecule has 0 aromatic carbocycles. The van der Waals surface area contributed by atoms with Crippen molar-refractivity contribution in [3.8, 4) is 0 Å². The van der Waals surface area contributed by atoms with Crippen LogP contribution in [0.5, 0.6) is 0 Å². The van der Waals surface area contributed by atoms with Gasteiger partial charge >= 0.3 is 5.97 Å². The monoisotopic (exact) mass is 253 g/mol. The van der Waals surface area contributed by atoms with Crippen LogP contribution in [0, 0.1) is 0 Å². The second-order valence-corrected chi connectivity index (χ2v) is 3.95. The number of hydrogen-bond acceptors (Lipinski definition) is 4. The van der Waals surface area contributed by atoms with Crippen LogP contribution in [0.4, 0.5) is 0 Å². The van der Waals surface area contributed by atoms with Gasteiger partial charge in [0.25, 0.3) is 5.91 Å². The Balaban J connectivity index is 2.59. The average molecular weight is 253 g/mol. The first-order chi connectivity index (χ1) is 8.69. The molecule has 0 radical (unpaired) electrons. The Morgan fingerprint density at radius 3 is 2.72 bits per heavy atom. The number of ether oxygens (including phenoxy) is 1. The SMILES string of the molecule is CCCCN(CCC(=O)OC)C(=O)c1ccco1. The number of carbonyl (C=O) groups is 2. The smallest absolute Gasteiger partial charge is 0.307 e. The number of carbonyl (C=O) groups excluding carboxylic acids is 2. The molecule has 0 spiro atoms. The highest BCUT2D eigenvalue weighted by Crippen LogP contribution is 2.08. The Hall–Kier alpha value is -1.78. The Morgan fingerprint density at radius 2 is 2.17 bits per heavy atom. The highest BCUT2D eigenvalue weighted by atomic mass is 16.5. The van der Waals surface area contributed by atoms with Gasteiger partial charge in [-0.2, -0.15) is 0 Å². The molecule has 5 heteroatoms. The van der Waals surface area contributed by atoms with Crippen LogP contribution in [0.25, 0.3) is 0 Å². The summed E-state index contributed by atoms with van der Waals surface area (Å²) < 4.78 is 9.66. The number of unbranched alkanes of at least 4 members (excludes halogenated alkanes) is 1. The number of methoxy groups -OCH3 is 1. The average Bonchev–Trinajstić information content (AvgIpc) is 2.91. The lowest BCUT2D eigenvalue weighted by Gasteiger charge is -2.20. The molecule has 1 aromatic heterocycles. The second-order valence-electron chi connectivity index (χ2n) is 3.95. The fraction of sp³-hybridized carbons (Fsp3) is 0.538. The lowest BCUT2D eigenvalue weighted by molar-refractivity contribution is -0.140. The van der Waals surface area contributed by atoms with Gasteiger partial charge in [0.1, 0.15) is 0 Å². The van der Waals surface area contributed by atoms with Crippen LogP contribution < -0.4 is 0 Å². The summed E-state index contributed by atoms with van der Waals surface area (Å²) in [6.07, 6.45) is 3.55. The van der Waals surface area contributed by atoms with Crippen molar-refractivity contribution < 1.29 is 18.7 Å². The molecule has 0 saturated heterocycles. The Morgan fingerprint density at radius 1 is 1.39 bits per heavy atom. The van der Waals surface area contributed by atoms with Crippen LogP contribution in [-0.2, 0) is 9.53 Å². The van der Waals surface area contributed by atoms with Crippen LogP contribution in [0.1, 0.15) is 36.7 Å². The Labute approximate surface area is 107 Å². The summed E-state index contributed by atoms with van der Waals surface area (Å²) in [5.41, 5.74) is 0. The fourth-order valence-electron chi connectivity index (χ4n) is 1.55. The molecule has 1 rings (SSSR count). The first kappa shape index (κ1) is 14.3. The third-order valence-electron chi connectivity index (χ3n) is 2.61. The molecule has 0 N–H and O–H groups in total. The number of hydrogen-bond donors (Lipinski definition) is 0. The summed E-state index contributed by atoms with van der Waals surface area (Å²) in [5, 5.41) is 0.